The van der Waals surface area contributed by atoms with E-state index in [9.17, 15) is 14.0 Å². The quantitative estimate of drug-likeness (QED) is 0.827. The van der Waals surface area contributed by atoms with Gasteiger partial charge in [0.05, 0.1) is 6.10 Å². The maximum absolute atomic E-state index is 14.1. The van der Waals surface area contributed by atoms with Crippen LogP contribution in [-0.4, -0.2) is 41.2 Å². The van der Waals surface area contributed by atoms with Gasteiger partial charge in [-0.25, -0.2) is 4.39 Å². The van der Waals surface area contributed by atoms with E-state index in [0.29, 0.717) is 29.1 Å². The molecule has 1 aromatic carbocycles. The molecule has 2 saturated heterocycles. The van der Waals surface area contributed by atoms with Gasteiger partial charge in [0.1, 0.15) is 18.5 Å². The number of thioether (sulfide) groups is 1. The summed E-state index contributed by atoms with van der Waals surface area (Å²) in [6.45, 7) is 2.22. The summed E-state index contributed by atoms with van der Waals surface area (Å²) in [5.74, 6) is -0.294. The van der Waals surface area contributed by atoms with E-state index < -0.39 is 6.04 Å². The summed E-state index contributed by atoms with van der Waals surface area (Å²) in [5.41, 5.74) is 0.817. The average molecular weight is 344 g/mol. The maximum atomic E-state index is 14.1. The number of amides is 1. The first-order valence-corrected chi connectivity index (χ1v) is 8.36. The van der Waals surface area contributed by atoms with E-state index in [0.717, 1.165) is 11.8 Å². The number of ether oxygens (including phenoxy) is 1. The SMILES string of the molecule is Cc1ccc(Cl)c(CSC(=O)N2CCC3OCC(=O)[C@H]32)c1F. The first-order chi connectivity index (χ1) is 10.5. The van der Waals surface area contributed by atoms with Crippen molar-refractivity contribution in [2.75, 3.05) is 13.2 Å². The van der Waals surface area contributed by atoms with Gasteiger partial charge < -0.3 is 9.64 Å². The lowest BCUT2D eigenvalue weighted by Crippen LogP contribution is -2.40. The van der Waals surface area contributed by atoms with Crippen LogP contribution in [-0.2, 0) is 15.3 Å². The Kier molecular flexibility index (Phi) is 4.43. The number of fused-ring (bicyclic) bond motifs is 1. The Labute approximate surface area is 136 Å². The summed E-state index contributed by atoms with van der Waals surface area (Å²) in [6.07, 6.45) is 0.485. The molecule has 1 amide bonds. The first kappa shape index (κ1) is 15.8. The van der Waals surface area contributed by atoms with Crippen LogP contribution in [0.2, 0.25) is 5.02 Å². The summed E-state index contributed by atoms with van der Waals surface area (Å²) in [7, 11) is 0. The molecular weight excluding hydrogens is 329 g/mol. The second-order valence-corrected chi connectivity index (χ2v) is 6.79. The Balaban J connectivity index is 1.69. The van der Waals surface area contributed by atoms with Crippen molar-refractivity contribution >= 4 is 34.4 Å². The van der Waals surface area contributed by atoms with Gasteiger partial charge in [0.15, 0.2) is 5.78 Å². The molecule has 0 N–H and O–H groups in total. The second-order valence-electron chi connectivity index (χ2n) is 5.45. The predicted octanol–water partition coefficient (Wildman–Crippen LogP) is 3.18. The molecule has 3 rings (SSSR count). The van der Waals surface area contributed by atoms with Crippen LogP contribution in [0.15, 0.2) is 12.1 Å². The number of hydrogen-bond donors (Lipinski definition) is 0. The van der Waals surface area contributed by atoms with Crippen LogP contribution >= 0.6 is 23.4 Å². The fourth-order valence-corrected chi connectivity index (χ4v) is 4.08. The van der Waals surface area contributed by atoms with E-state index in [4.69, 9.17) is 16.3 Å². The van der Waals surface area contributed by atoms with Gasteiger partial charge >= 0.3 is 0 Å². The van der Waals surface area contributed by atoms with Crippen LogP contribution in [0, 0.1) is 12.7 Å². The highest BCUT2D eigenvalue weighted by atomic mass is 35.5. The minimum absolute atomic E-state index is 0.0591. The third-order valence-corrected chi connectivity index (χ3v) is 5.33. The lowest BCUT2D eigenvalue weighted by Gasteiger charge is -2.21. The lowest BCUT2D eigenvalue weighted by atomic mass is 10.1. The number of hydrogen-bond acceptors (Lipinski definition) is 4. The maximum Gasteiger partial charge on any atom is 0.282 e. The average Bonchev–Trinajstić information content (AvgIpc) is 3.06. The third-order valence-electron chi connectivity index (χ3n) is 4.07. The van der Waals surface area contributed by atoms with Crippen LogP contribution in [0.25, 0.3) is 0 Å². The van der Waals surface area contributed by atoms with Crippen molar-refractivity contribution in [2.24, 2.45) is 0 Å². The number of aryl methyl sites for hydroxylation is 1. The number of Topliss-reactive ketones (excluding diaryl/α,β-unsaturated/α-hetero) is 1. The molecule has 4 nitrogen and oxygen atoms in total. The van der Waals surface area contributed by atoms with E-state index in [1.165, 1.54) is 4.90 Å². The molecule has 1 unspecified atom stereocenters. The van der Waals surface area contributed by atoms with Crippen molar-refractivity contribution in [3.63, 3.8) is 0 Å². The predicted molar refractivity (Wildman–Crippen MR) is 82.7 cm³/mol. The molecule has 0 aliphatic carbocycles. The number of rotatable bonds is 2. The van der Waals surface area contributed by atoms with Gasteiger partial charge in [-0.1, -0.05) is 29.4 Å². The Morgan fingerprint density at radius 2 is 2.32 bits per heavy atom. The van der Waals surface area contributed by atoms with Gasteiger partial charge in [-0.05, 0) is 25.0 Å². The van der Waals surface area contributed by atoms with Crippen LogP contribution in [0.3, 0.4) is 0 Å². The monoisotopic (exact) mass is 343 g/mol. The van der Waals surface area contributed by atoms with Crippen LogP contribution < -0.4 is 0 Å². The van der Waals surface area contributed by atoms with Gasteiger partial charge in [-0.2, -0.15) is 0 Å². The second kappa shape index (κ2) is 6.18. The topological polar surface area (TPSA) is 46.6 Å². The Morgan fingerprint density at radius 1 is 1.55 bits per heavy atom. The molecule has 0 radical (unpaired) electrons. The van der Waals surface area contributed by atoms with Crippen molar-refractivity contribution < 1.29 is 18.7 Å². The van der Waals surface area contributed by atoms with E-state index in [1.807, 2.05) is 0 Å². The normalized spacial score (nSPS) is 24.0. The zero-order valence-corrected chi connectivity index (χ0v) is 13.5. The zero-order valence-electron chi connectivity index (χ0n) is 12.0. The molecule has 2 heterocycles. The van der Waals surface area contributed by atoms with Crippen molar-refractivity contribution in [1.82, 2.24) is 4.90 Å². The highest BCUT2D eigenvalue weighted by Gasteiger charge is 2.46. The molecule has 2 aliphatic heterocycles. The van der Waals surface area contributed by atoms with Crippen LogP contribution in [0.1, 0.15) is 17.5 Å². The van der Waals surface area contributed by atoms with Crippen molar-refractivity contribution in [2.45, 2.75) is 31.2 Å². The number of ketones is 1. The van der Waals surface area contributed by atoms with E-state index in [-0.39, 0.29) is 35.3 Å². The molecule has 0 bridgehead atoms. The third kappa shape index (κ3) is 2.75. The summed E-state index contributed by atoms with van der Waals surface area (Å²) in [6, 6.07) is 2.76. The van der Waals surface area contributed by atoms with Crippen molar-refractivity contribution in [1.29, 1.82) is 0 Å². The van der Waals surface area contributed by atoms with Gasteiger partial charge in [0, 0.05) is 22.9 Å². The zero-order chi connectivity index (χ0) is 15.9. The molecule has 22 heavy (non-hydrogen) atoms. The standard InChI is InChI=1S/C15H15ClFNO3S/c1-8-2-3-10(16)9(13(8)17)7-22-15(20)18-5-4-12-14(18)11(19)6-21-12/h2-3,12,14H,4-7H2,1H3/t12?,14-/m1/s1. The van der Waals surface area contributed by atoms with Crippen LogP contribution in [0.5, 0.6) is 0 Å². The molecule has 2 atom stereocenters. The molecule has 0 aromatic heterocycles. The Bertz CT molecular complexity index is 639. The fourth-order valence-electron chi connectivity index (χ4n) is 2.86. The molecule has 1 aromatic rings. The smallest absolute Gasteiger partial charge is 0.282 e. The molecule has 0 spiro atoms. The fraction of sp³-hybridized carbons (Fsp3) is 0.467. The minimum atomic E-state index is -0.474. The number of benzene rings is 1. The molecular formula is C15H15ClFNO3S. The van der Waals surface area contributed by atoms with Gasteiger partial charge in [0.25, 0.3) is 5.24 Å². The van der Waals surface area contributed by atoms with E-state index >= 15 is 0 Å². The number of halogens is 2. The molecule has 0 saturated carbocycles. The number of nitrogens with zero attached hydrogens (tertiary/aromatic N) is 1. The summed E-state index contributed by atoms with van der Waals surface area (Å²) < 4.78 is 19.4. The molecule has 2 aliphatic rings. The minimum Gasteiger partial charge on any atom is -0.368 e. The summed E-state index contributed by atoms with van der Waals surface area (Å²) in [5, 5.41) is 0.0753. The summed E-state index contributed by atoms with van der Waals surface area (Å²) in [4.78, 5) is 25.7. The number of carbonyl (C=O) groups excluding carboxylic acids is 2. The first-order valence-electron chi connectivity index (χ1n) is 7.00. The summed E-state index contributed by atoms with van der Waals surface area (Å²) >= 11 is 6.97. The van der Waals surface area contributed by atoms with Gasteiger partial charge in [0.2, 0.25) is 0 Å². The van der Waals surface area contributed by atoms with Gasteiger partial charge in [-0.15, -0.1) is 0 Å². The number of likely N-dealkylation sites (tertiary alicyclic amines) is 1. The lowest BCUT2D eigenvalue weighted by molar-refractivity contribution is -0.120. The van der Waals surface area contributed by atoms with E-state index in [1.54, 1.807) is 19.1 Å². The van der Waals surface area contributed by atoms with Gasteiger partial charge in [-0.3, -0.25) is 9.59 Å². The highest BCUT2D eigenvalue weighted by molar-refractivity contribution is 8.12. The van der Waals surface area contributed by atoms with Crippen molar-refractivity contribution in [3.8, 4) is 0 Å². The molecule has 2 fully saturated rings. The largest absolute Gasteiger partial charge is 0.368 e. The van der Waals surface area contributed by atoms with E-state index in [2.05, 4.69) is 0 Å². The number of carbonyl (C=O) groups is 2. The van der Waals surface area contributed by atoms with Crippen molar-refractivity contribution in [3.05, 3.63) is 34.1 Å². The molecule has 7 heteroatoms. The van der Waals surface area contributed by atoms with Crippen LogP contribution in [0.4, 0.5) is 9.18 Å². The molecule has 118 valence electrons. The highest BCUT2D eigenvalue weighted by Crippen LogP contribution is 2.32. The Morgan fingerprint density at radius 3 is 3.09 bits per heavy atom. The Hall–Kier alpha value is -1.11.